The standard InChI is InChI=1S/C23H27Cl2N3O4/c1-14(22(29)26-8-6-15-4-5-18(24)12-19(15)25)27-23(30)28-9-7-16-10-20(31-2)21(32-3)11-17(16)13-28/h4-5,10-12,14H,6-9,13H2,1-3H3,(H,26,29)(H,27,30)/t14-/m0/s1. The highest BCUT2D eigenvalue weighted by atomic mass is 35.5. The number of benzene rings is 2. The van der Waals surface area contributed by atoms with E-state index in [0.29, 0.717) is 54.0 Å². The molecule has 1 aliphatic rings. The van der Waals surface area contributed by atoms with Gasteiger partial charge in [-0.3, -0.25) is 4.79 Å². The first-order valence-electron chi connectivity index (χ1n) is 10.3. The van der Waals surface area contributed by atoms with Gasteiger partial charge in [0.05, 0.1) is 14.2 Å². The molecule has 0 radical (unpaired) electrons. The van der Waals surface area contributed by atoms with Crippen molar-refractivity contribution in [1.82, 2.24) is 15.5 Å². The van der Waals surface area contributed by atoms with Crippen molar-refractivity contribution in [3.05, 3.63) is 57.1 Å². The maximum Gasteiger partial charge on any atom is 0.318 e. The van der Waals surface area contributed by atoms with Crippen LogP contribution in [0.3, 0.4) is 0 Å². The van der Waals surface area contributed by atoms with Gasteiger partial charge in [-0.05, 0) is 60.7 Å². The van der Waals surface area contributed by atoms with E-state index in [1.54, 1.807) is 38.2 Å². The van der Waals surface area contributed by atoms with Gasteiger partial charge in [0, 0.05) is 29.7 Å². The zero-order valence-corrected chi connectivity index (χ0v) is 19.8. The first-order chi connectivity index (χ1) is 15.3. The van der Waals surface area contributed by atoms with E-state index in [9.17, 15) is 9.59 Å². The highest BCUT2D eigenvalue weighted by molar-refractivity contribution is 6.35. The van der Waals surface area contributed by atoms with Gasteiger partial charge in [-0.15, -0.1) is 0 Å². The van der Waals surface area contributed by atoms with Gasteiger partial charge < -0.3 is 25.0 Å². The first-order valence-corrected chi connectivity index (χ1v) is 11.1. The Bertz CT molecular complexity index is 999. The van der Waals surface area contributed by atoms with Gasteiger partial charge in [0.15, 0.2) is 11.5 Å². The van der Waals surface area contributed by atoms with Gasteiger partial charge in [-0.25, -0.2) is 4.79 Å². The van der Waals surface area contributed by atoms with E-state index in [-0.39, 0.29) is 11.9 Å². The number of hydrogen-bond donors (Lipinski definition) is 2. The third-order valence-corrected chi connectivity index (χ3v) is 6.03. The lowest BCUT2D eigenvalue weighted by Gasteiger charge is -2.30. The number of rotatable bonds is 7. The van der Waals surface area contributed by atoms with E-state index < -0.39 is 6.04 Å². The molecule has 172 valence electrons. The highest BCUT2D eigenvalue weighted by Crippen LogP contribution is 2.33. The van der Waals surface area contributed by atoms with Crippen LogP contribution >= 0.6 is 23.2 Å². The smallest absolute Gasteiger partial charge is 0.318 e. The topological polar surface area (TPSA) is 79.9 Å². The van der Waals surface area contributed by atoms with Crippen LogP contribution in [0.1, 0.15) is 23.6 Å². The maximum atomic E-state index is 12.7. The molecule has 0 saturated heterocycles. The molecule has 0 spiro atoms. The molecule has 0 saturated carbocycles. The molecule has 3 amide bonds. The Morgan fingerprint density at radius 2 is 1.78 bits per heavy atom. The fourth-order valence-electron chi connectivity index (χ4n) is 3.60. The molecule has 0 aromatic heterocycles. The van der Waals surface area contributed by atoms with Gasteiger partial charge >= 0.3 is 6.03 Å². The summed E-state index contributed by atoms with van der Waals surface area (Å²) < 4.78 is 10.7. The molecule has 1 atom stereocenters. The number of halogens is 2. The summed E-state index contributed by atoms with van der Waals surface area (Å²) in [7, 11) is 3.18. The van der Waals surface area contributed by atoms with Gasteiger partial charge in [0.2, 0.25) is 5.91 Å². The van der Waals surface area contributed by atoms with Gasteiger partial charge in [-0.2, -0.15) is 0 Å². The van der Waals surface area contributed by atoms with Crippen molar-refractivity contribution in [3.63, 3.8) is 0 Å². The number of nitrogens with zero attached hydrogens (tertiary/aromatic N) is 1. The Labute approximate surface area is 198 Å². The molecule has 2 aromatic carbocycles. The van der Waals surface area contributed by atoms with Crippen molar-refractivity contribution in [2.45, 2.75) is 32.4 Å². The minimum Gasteiger partial charge on any atom is -0.493 e. The Morgan fingerprint density at radius 3 is 2.44 bits per heavy atom. The normalized spacial score (nSPS) is 13.7. The molecule has 2 aromatic rings. The van der Waals surface area contributed by atoms with E-state index in [1.807, 2.05) is 18.2 Å². The summed E-state index contributed by atoms with van der Waals surface area (Å²) in [6.07, 6.45) is 1.27. The lowest BCUT2D eigenvalue weighted by atomic mass is 9.99. The van der Waals surface area contributed by atoms with Crippen LogP contribution in [0.5, 0.6) is 11.5 Å². The fourth-order valence-corrected chi connectivity index (χ4v) is 4.10. The van der Waals surface area contributed by atoms with Gasteiger partial charge in [0.1, 0.15) is 6.04 Å². The number of carbonyl (C=O) groups is 2. The molecular formula is C23H27Cl2N3O4. The lowest BCUT2D eigenvalue weighted by Crippen LogP contribution is -2.51. The van der Waals surface area contributed by atoms with Crippen molar-refractivity contribution in [1.29, 1.82) is 0 Å². The van der Waals surface area contributed by atoms with Crippen LogP contribution in [0, 0.1) is 0 Å². The van der Waals surface area contributed by atoms with Crippen LogP contribution < -0.4 is 20.1 Å². The summed E-state index contributed by atoms with van der Waals surface area (Å²) in [6.45, 7) is 3.05. The first kappa shape index (κ1) is 24.0. The number of carbonyl (C=O) groups excluding carboxylic acids is 2. The second kappa shape index (κ2) is 10.8. The second-order valence-corrected chi connectivity index (χ2v) is 8.44. The molecular weight excluding hydrogens is 453 g/mol. The van der Waals surface area contributed by atoms with Gasteiger partial charge in [-0.1, -0.05) is 29.3 Å². The average molecular weight is 480 g/mol. The summed E-state index contributed by atoms with van der Waals surface area (Å²) in [6, 6.07) is 8.16. The zero-order chi connectivity index (χ0) is 23.3. The Balaban J connectivity index is 1.51. The van der Waals surface area contributed by atoms with Crippen LogP contribution in [-0.2, 0) is 24.2 Å². The average Bonchev–Trinajstić information content (AvgIpc) is 2.78. The number of nitrogens with one attached hydrogen (secondary N) is 2. The third-order valence-electron chi connectivity index (χ3n) is 5.45. The van der Waals surface area contributed by atoms with E-state index >= 15 is 0 Å². The molecule has 0 aliphatic carbocycles. The molecule has 7 nitrogen and oxygen atoms in total. The number of amides is 3. The van der Waals surface area contributed by atoms with Gasteiger partial charge in [0.25, 0.3) is 0 Å². The summed E-state index contributed by atoms with van der Waals surface area (Å²) in [5.74, 6) is 1.05. The molecule has 1 heterocycles. The van der Waals surface area contributed by atoms with Crippen LogP contribution in [0.15, 0.2) is 30.3 Å². The number of fused-ring (bicyclic) bond motifs is 1. The fraction of sp³-hybridized carbons (Fsp3) is 0.391. The highest BCUT2D eigenvalue weighted by Gasteiger charge is 2.25. The molecule has 9 heteroatoms. The summed E-state index contributed by atoms with van der Waals surface area (Å²) >= 11 is 12.1. The minimum absolute atomic E-state index is 0.257. The molecule has 0 fully saturated rings. The second-order valence-electron chi connectivity index (χ2n) is 7.60. The summed E-state index contributed by atoms with van der Waals surface area (Å²) in [4.78, 5) is 26.8. The maximum absolute atomic E-state index is 12.7. The van der Waals surface area contributed by atoms with Crippen molar-refractivity contribution >= 4 is 35.1 Å². The van der Waals surface area contributed by atoms with Crippen molar-refractivity contribution in [2.24, 2.45) is 0 Å². The minimum atomic E-state index is -0.671. The predicted octanol–water partition coefficient (Wildman–Crippen LogP) is 3.83. The Kier molecular flexibility index (Phi) is 8.10. The van der Waals surface area contributed by atoms with Crippen LogP contribution in [0.25, 0.3) is 0 Å². The van der Waals surface area contributed by atoms with E-state index in [2.05, 4.69) is 10.6 Å². The van der Waals surface area contributed by atoms with Crippen LogP contribution in [0.2, 0.25) is 10.0 Å². The monoisotopic (exact) mass is 479 g/mol. The van der Waals surface area contributed by atoms with Crippen molar-refractivity contribution in [2.75, 3.05) is 27.3 Å². The van der Waals surface area contributed by atoms with E-state index in [4.69, 9.17) is 32.7 Å². The molecule has 3 rings (SSSR count). The summed E-state index contributed by atoms with van der Waals surface area (Å²) in [5.41, 5.74) is 3.02. The number of ether oxygens (including phenoxy) is 2. The quantitative estimate of drug-likeness (QED) is 0.632. The molecule has 1 aliphatic heterocycles. The van der Waals surface area contributed by atoms with Crippen LogP contribution in [-0.4, -0.2) is 50.2 Å². The molecule has 0 unspecified atom stereocenters. The lowest BCUT2D eigenvalue weighted by molar-refractivity contribution is -0.122. The Hall–Kier alpha value is -2.64. The van der Waals surface area contributed by atoms with E-state index in [0.717, 1.165) is 16.7 Å². The van der Waals surface area contributed by atoms with E-state index in [1.165, 1.54) is 0 Å². The molecule has 2 N–H and O–H groups in total. The van der Waals surface area contributed by atoms with Crippen molar-refractivity contribution in [3.8, 4) is 11.5 Å². The largest absolute Gasteiger partial charge is 0.493 e. The summed E-state index contributed by atoms with van der Waals surface area (Å²) in [5, 5.41) is 6.73. The van der Waals surface area contributed by atoms with Crippen LogP contribution in [0.4, 0.5) is 4.79 Å². The molecule has 32 heavy (non-hydrogen) atoms. The third kappa shape index (κ3) is 5.78. The predicted molar refractivity (Wildman–Crippen MR) is 125 cm³/mol. The number of methoxy groups -OCH3 is 2. The zero-order valence-electron chi connectivity index (χ0n) is 18.3. The Morgan fingerprint density at radius 1 is 1.09 bits per heavy atom. The molecule has 0 bridgehead atoms. The number of urea groups is 1. The number of hydrogen-bond acceptors (Lipinski definition) is 4. The SMILES string of the molecule is COc1cc2c(cc1OC)CN(C(=O)N[C@@H](C)C(=O)NCCc1ccc(Cl)cc1Cl)CC2. The van der Waals surface area contributed by atoms with Crippen molar-refractivity contribution < 1.29 is 19.1 Å².